The van der Waals surface area contributed by atoms with Crippen LogP contribution in [0.15, 0.2) is 126 Å². The Morgan fingerprint density at radius 3 is 1.45 bits per heavy atom. The fraction of sp³-hybridized carbons (Fsp3) is 0.0588. The second-order valence-corrected chi connectivity index (χ2v) is 16.6. The Morgan fingerprint density at radius 1 is 0.367 bits per heavy atom. The van der Waals surface area contributed by atoms with E-state index in [1.54, 1.807) is 0 Å². The summed E-state index contributed by atoms with van der Waals surface area (Å²) < 4.78 is 6.38. The molecule has 1 heterocycles. The van der Waals surface area contributed by atoms with E-state index in [-0.39, 0.29) is 49.1 Å². The minimum Gasteiger partial charge on any atom is -0.456 e. The Kier molecular flexibility index (Phi) is 8.06. The van der Waals surface area contributed by atoms with Crippen molar-refractivity contribution in [2.75, 3.05) is 0 Å². The van der Waals surface area contributed by atoms with Gasteiger partial charge in [-0.15, -0.1) is 21.9 Å². The fourth-order valence-corrected chi connectivity index (χ4v) is 9.87. The minimum absolute atomic E-state index is 0.0877. The van der Waals surface area contributed by atoms with Gasteiger partial charge < -0.3 is 4.42 Å². The third-order valence-electron chi connectivity index (χ3n) is 13.0. The molecular weight excluding hydrogens is 715 g/mol. The van der Waals surface area contributed by atoms with Gasteiger partial charge in [0.2, 0.25) is 0 Å². The van der Waals surface area contributed by atoms with E-state index >= 15 is 0 Å². The molecule has 0 aliphatic heterocycles. The number of hydrogen-bond acceptors (Lipinski definition) is 1. The zero-order valence-corrected chi connectivity index (χ0v) is 33.1. The lowest BCUT2D eigenvalue weighted by Crippen LogP contribution is -2.50. The van der Waals surface area contributed by atoms with Crippen LogP contribution in [0.2, 0.25) is 0 Å². The molecule has 0 atom stereocenters. The zero-order chi connectivity index (χ0) is 41.5. The van der Waals surface area contributed by atoms with Crippen molar-refractivity contribution in [3.8, 4) is 44.5 Å². The van der Waals surface area contributed by atoms with Crippen molar-refractivity contribution < 1.29 is 4.42 Å². The summed E-state index contributed by atoms with van der Waals surface area (Å²) >= 11 is 0. The molecule has 0 unspecified atom stereocenters. The van der Waals surface area contributed by atoms with Crippen molar-refractivity contribution >= 4 is 161 Å². The zero-order valence-electron chi connectivity index (χ0n) is 33.1. The molecular formula is C51H26B8O. The first-order chi connectivity index (χ1) is 28.8. The molecule has 1 aliphatic carbocycles. The minimum atomic E-state index is -0.0877. The van der Waals surface area contributed by atoms with E-state index in [1.165, 1.54) is 22.3 Å². The highest BCUT2D eigenvalue weighted by molar-refractivity contribution is 6.71. The van der Waals surface area contributed by atoms with Gasteiger partial charge in [0.25, 0.3) is 0 Å². The van der Waals surface area contributed by atoms with E-state index in [2.05, 4.69) is 98.8 Å². The van der Waals surface area contributed by atoms with Gasteiger partial charge in [-0.2, -0.15) is 0 Å². The molecule has 0 N–H and O–H groups in total. The van der Waals surface area contributed by atoms with Gasteiger partial charge in [0, 0.05) is 16.2 Å². The van der Waals surface area contributed by atoms with Crippen molar-refractivity contribution in [1.29, 1.82) is 0 Å². The molecule has 0 saturated carbocycles. The number of fused-ring (bicyclic) bond motifs is 9. The highest BCUT2D eigenvalue weighted by Crippen LogP contribution is 2.50. The maximum absolute atomic E-state index is 7.06. The summed E-state index contributed by atoms with van der Waals surface area (Å²) in [6.07, 6.45) is 0. The van der Waals surface area contributed by atoms with Crippen LogP contribution >= 0.6 is 0 Å². The second kappa shape index (κ2) is 13.0. The van der Waals surface area contributed by atoms with Gasteiger partial charge in [-0.05, 0) is 118 Å². The van der Waals surface area contributed by atoms with E-state index in [0.29, 0.717) is 32.7 Å². The Balaban J connectivity index is 1.19. The van der Waals surface area contributed by atoms with Crippen molar-refractivity contribution in [3.05, 3.63) is 132 Å². The van der Waals surface area contributed by atoms with Gasteiger partial charge in [0.15, 0.2) is 0 Å². The summed E-state index contributed by atoms with van der Waals surface area (Å²) in [6, 6.07) is 42.0. The molecule has 0 amide bonds. The van der Waals surface area contributed by atoms with E-state index in [9.17, 15) is 0 Å². The summed E-state index contributed by atoms with van der Waals surface area (Å²) in [4.78, 5) is 0. The highest BCUT2D eigenvalue weighted by atomic mass is 16.3. The highest BCUT2D eigenvalue weighted by Gasteiger charge is 2.35. The van der Waals surface area contributed by atoms with Gasteiger partial charge in [-0.3, -0.25) is 0 Å². The van der Waals surface area contributed by atoms with Crippen molar-refractivity contribution in [2.24, 2.45) is 0 Å². The van der Waals surface area contributed by atoms with Crippen LogP contribution in [-0.2, 0) is 5.41 Å². The van der Waals surface area contributed by atoms with Crippen LogP contribution in [0.5, 0.6) is 0 Å². The molecule has 60 heavy (non-hydrogen) atoms. The summed E-state index contributed by atoms with van der Waals surface area (Å²) in [5.41, 5.74) is 13.2. The molecule has 11 rings (SSSR count). The monoisotopic (exact) mass is 742 g/mol. The third-order valence-corrected chi connectivity index (χ3v) is 13.0. The SMILES string of the molecule is [B]c1c([B])c([B])c2c(-c3ccc4oc5cc6ccccc6cc5c4c3)c3c([B])c([B])c([B])c([B])c3c(-c3ccc(-c4ccc5c(c4)-c4ccccc4C5(C)C)cc3)c2c1[B]. The van der Waals surface area contributed by atoms with Crippen LogP contribution < -0.4 is 43.7 Å². The van der Waals surface area contributed by atoms with E-state index in [1.807, 2.05) is 36.4 Å². The lowest BCUT2D eigenvalue weighted by molar-refractivity contribution is 0.660. The lowest BCUT2D eigenvalue weighted by Gasteiger charge is -2.28. The smallest absolute Gasteiger partial charge is 0.136 e. The molecule has 9 aromatic carbocycles. The number of benzene rings is 9. The molecule has 1 nitrogen and oxygen atoms in total. The summed E-state index contributed by atoms with van der Waals surface area (Å²) in [5, 5.41) is 6.32. The maximum atomic E-state index is 7.06. The van der Waals surface area contributed by atoms with Gasteiger partial charge >= 0.3 is 0 Å². The molecule has 9 heteroatoms. The third kappa shape index (κ3) is 5.05. The molecule has 0 spiro atoms. The first-order valence-corrected chi connectivity index (χ1v) is 19.8. The largest absolute Gasteiger partial charge is 0.456 e. The molecule has 1 aliphatic rings. The van der Waals surface area contributed by atoms with E-state index in [0.717, 1.165) is 55.0 Å². The average molecular weight is 741 g/mol. The maximum Gasteiger partial charge on any atom is 0.136 e. The summed E-state index contributed by atoms with van der Waals surface area (Å²) in [7, 11) is 54.9. The van der Waals surface area contributed by atoms with Crippen LogP contribution in [0.1, 0.15) is 25.0 Å². The van der Waals surface area contributed by atoms with Gasteiger partial charge in [-0.1, -0.05) is 127 Å². The average Bonchev–Trinajstić information content (AvgIpc) is 3.74. The molecule has 0 saturated heterocycles. The molecule has 16 radical (unpaired) electrons. The van der Waals surface area contributed by atoms with Gasteiger partial charge in [0.05, 0.1) is 0 Å². The summed E-state index contributed by atoms with van der Waals surface area (Å²) in [5.74, 6) is 0. The van der Waals surface area contributed by atoms with Crippen molar-refractivity contribution in [1.82, 2.24) is 0 Å². The predicted octanol–water partition coefficient (Wildman–Crippen LogP) is 4.70. The Labute approximate surface area is 359 Å². The predicted molar refractivity (Wildman–Crippen MR) is 263 cm³/mol. The first kappa shape index (κ1) is 37.1. The molecule has 260 valence electrons. The Morgan fingerprint density at radius 2 is 0.833 bits per heavy atom. The molecule has 1 aromatic heterocycles. The van der Waals surface area contributed by atoms with Gasteiger partial charge in [0.1, 0.15) is 73.9 Å². The van der Waals surface area contributed by atoms with Crippen molar-refractivity contribution in [3.63, 3.8) is 0 Å². The molecule has 0 bridgehead atoms. The van der Waals surface area contributed by atoms with Crippen LogP contribution in [0.3, 0.4) is 0 Å². The van der Waals surface area contributed by atoms with Crippen LogP contribution in [0.4, 0.5) is 0 Å². The standard InChI is InChI=1S/C51H26B8O/c1-51(2)33-10-6-5-9-29(33)30-19-27(15-17-34(30)51)23-11-13-24(14-12-23)37-39-41(45(54)49(58)47(56)43(39)52)38(42-40(37)44(53)48(57)50(59)46(42)55)28-16-18-35-31(21-28)32-20-25-7-3-4-8-26(25)22-36(32)60-35/h3-22H,1-2H3. The van der Waals surface area contributed by atoms with Crippen molar-refractivity contribution in [2.45, 2.75) is 19.3 Å². The first-order valence-electron chi connectivity index (χ1n) is 19.8. The quantitative estimate of drug-likeness (QED) is 0.189. The second-order valence-electron chi connectivity index (χ2n) is 16.6. The number of furan rings is 1. The Hall–Kier alpha value is -5.92. The topological polar surface area (TPSA) is 13.1 Å². The van der Waals surface area contributed by atoms with Crippen LogP contribution in [-0.4, -0.2) is 62.8 Å². The number of hydrogen-bond donors (Lipinski definition) is 0. The molecule has 10 aromatic rings. The van der Waals surface area contributed by atoms with E-state index < -0.39 is 0 Å². The summed E-state index contributed by atoms with van der Waals surface area (Å²) in [6.45, 7) is 4.56. The van der Waals surface area contributed by atoms with Gasteiger partial charge in [-0.25, -0.2) is 0 Å². The van der Waals surface area contributed by atoms with Crippen LogP contribution in [0, 0.1) is 0 Å². The van der Waals surface area contributed by atoms with Crippen LogP contribution in [0.25, 0.3) is 98.8 Å². The molecule has 0 fully saturated rings. The number of rotatable bonds is 3. The Bertz CT molecular complexity index is 3470. The fourth-order valence-electron chi connectivity index (χ4n) is 9.87. The normalized spacial score (nSPS) is 13.2. The lowest BCUT2D eigenvalue weighted by atomic mass is 9.59. The van der Waals surface area contributed by atoms with E-state index in [4.69, 9.17) is 67.2 Å².